The van der Waals surface area contributed by atoms with Crippen LogP contribution < -0.4 is 10.6 Å². The molecule has 2 aliphatic rings. The number of carbonyl (C=O) groups is 1. The number of hydrogen-bond acceptors (Lipinski definition) is 4. The highest BCUT2D eigenvalue weighted by molar-refractivity contribution is 5.67. The third-order valence-corrected chi connectivity index (χ3v) is 4.63. The Bertz CT molecular complexity index is 502. The van der Waals surface area contributed by atoms with E-state index in [4.69, 9.17) is 9.47 Å². The number of hydrogen-bond donors (Lipinski definition) is 2. The summed E-state index contributed by atoms with van der Waals surface area (Å²) < 4.78 is 10.8. The van der Waals surface area contributed by atoms with Gasteiger partial charge in [0.15, 0.2) is 0 Å². The molecule has 0 spiro atoms. The van der Waals surface area contributed by atoms with E-state index < -0.39 is 0 Å². The second-order valence-electron chi connectivity index (χ2n) is 6.64. The van der Waals surface area contributed by atoms with Crippen molar-refractivity contribution in [1.29, 1.82) is 0 Å². The molecule has 1 saturated heterocycles. The summed E-state index contributed by atoms with van der Waals surface area (Å²) in [6.45, 7) is 3.29. The molecule has 0 aromatic heterocycles. The zero-order chi connectivity index (χ0) is 16.1. The number of benzene rings is 1. The molecule has 5 heteroatoms. The molecule has 126 valence electrons. The Morgan fingerprint density at radius 3 is 2.70 bits per heavy atom. The van der Waals surface area contributed by atoms with Crippen LogP contribution in [0.3, 0.4) is 0 Å². The van der Waals surface area contributed by atoms with Gasteiger partial charge in [-0.2, -0.15) is 0 Å². The fourth-order valence-corrected chi connectivity index (χ4v) is 3.29. The van der Waals surface area contributed by atoms with Gasteiger partial charge in [0, 0.05) is 24.7 Å². The van der Waals surface area contributed by atoms with E-state index in [1.807, 2.05) is 30.3 Å². The highest BCUT2D eigenvalue weighted by Crippen LogP contribution is 2.23. The van der Waals surface area contributed by atoms with Gasteiger partial charge in [-0.3, -0.25) is 0 Å². The third kappa shape index (κ3) is 4.94. The zero-order valence-corrected chi connectivity index (χ0v) is 13.7. The molecule has 23 heavy (non-hydrogen) atoms. The molecule has 0 bridgehead atoms. The molecule has 1 amide bonds. The van der Waals surface area contributed by atoms with Gasteiger partial charge in [0.2, 0.25) is 0 Å². The second-order valence-corrected chi connectivity index (χ2v) is 6.64. The van der Waals surface area contributed by atoms with Crippen LogP contribution in [0.1, 0.15) is 38.2 Å². The lowest BCUT2D eigenvalue weighted by Crippen LogP contribution is -2.55. The van der Waals surface area contributed by atoms with Crippen LogP contribution in [-0.2, 0) is 16.1 Å². The molecule has 5 nitrogen and oxygen atoms in total. The summed E-state index contributed by atoms with van der Waals surface area (Å²) in [5.74, 6) is 0. The molecule has 1 aliphatic heterocycles. The van der Waals surface area contributed by atoms with Crippen LogP contribution in [0.15, 0.2) is 30.3 Å². The topological polar surface area (TPSA) is 59.6 Å². The second kappa shape index (κ2) is 7.79. The van der Waals surface area contributed by atoms with Gasteiger partial charge in [-0.15, -0.1) is 0 Å². The predicted molar refractivity (Wildman–Crippen MR) is 88.1 cm³/mol. The van der Waals surface area contributed by atoms with E-state index >= 15 is 0 Å². The molecule has 3 rings (SSSR count). The van der Waals surface area contributed by atoms with Crippen molar-refractivity contribution in [2.45, 2.75) is 63.4 Å². The number of amides is 1. The maximum atomic E-state index is 11.8. The van der Waals surface area contributed by atoms with Crippen molar-refractivity contribution in [2.24, 2.45) is 0 Å². The molecule has 2 atom stereocenters. The molecule has 1 saturated carbocycles. The lowest BCUT2D eigenvalue weighted by molar-refractivity contribution is 0.00809. The smallest absolute Gasteiger partial charge is 0.407 e. The fraction of sp³-hybridized carbons (Fsp3) is 0.611. The van der Waals surface area contributed by atoms with Gasteiger partial charge in [0.25, 0.3) is 0 Å². The van der Waals surface area contributed by atoms with Crippen molar-refractivity contribution in [2.75, 3.05) is 6.61 Å². The highest BCUT2D eigenvalue weighted by atomic mass is 16.5. The summed E-state index contributed by atoms with van der Waals surface area (Å²) in [5, 5.41) is 6.61. The lowest BCUT2D eigenvalue weighted by Gasteiger charge is -2.40. The largest absolute Gasteiger partial charge is 0.445 e. The van der Waals surface area contributed by atoms with Crippen LogP contribution in [-0.4, -0.2) is 36.9 Å². The Morgan fingerprint density at radius 2 is 1.96 bits per heavy atom. The summed E-state index contributed by atoms with van der Waals surface area (Å²) in [6, 6.07) is 11.0. The van der Waals surface area contributed by atoms with Gasteiger partial charge in [0.05, 0.1) is 6.10 Å². The van der Waals surface area contributed by atoms with Crippen molar-refractivity contribution in [3.8, 4) is 0 Å². The van der Waals surface area contributed by atoms with Gasteiger partial charge in [-0.1, -0.05) is 30.3 Å². The summed E-state index contributed by atoms with van der Waals surface area (Å²) in [4.78, 5) is 11.8. The van der Waals surface area contributed by atoms with E-state index in [9.17, 15) is 4.79 Å². The minimum Gasteiger partial charge on any atom is -0.445 e. The molecule has 0 radical (unpaired) electrons. The molecule has 1 aliphatic carbocycles. The molecule has 2 fully saturated rings. The van der Waals surface area contributed by atoms with Crippen LogP contribution in [0, 0.1) is 0 Å². The van der Waals surface area contributed by atoms with Crippen LogP contribution in [0.4, 0.5) is 4.79 Å². The maximum Gasteiger partial charge on any atom is 0.407 e. The van der Waals surface area contributed by atoms with Gasteiger partial charge < -0.3 is 20.1 Å². The first-order valence-corrected chi connectivity index (χ1v) is 8.54. The molecular weight excluding hydrogens is 292 g/mol. The van der Waals surface area contributed by atoms with E-state index in [1.165, 1.54) is 0 Å². The van der Waals surface area contributed by atoms with Crippen LogP contribution >= 0.6 is 0 Å². The summed E-state index contributed by atoms with van der Waals surface area (Å²) in [5.41, 5.74) is 1.00. The third-order valence-electron chi connectivity index (χ3n) is 4.63. The average molecular weight is 318 g/mol. The van der Waals surface area contributed by atoms with E-state index in [1.54, 1.807) is 0 Å². The molecule has 2 unspecified atom stereocenters. The first-order chi connectivity index (χ1) is 11.2. The number of ether oxygens (including phenoxy) is 2. The standard InChI is InChI=1S/C18H26N2O3/c1-13-9-15(7-8-22-13)19-16-10-17(11-16)20-18(21)23-12-14-5-3-2-4-6-14/h2-6,13,15-17,19H,7-12H2,1H3,(H,20,21). The summed E-state index contributed by atoms with van der Waals surface area (Å²) in [7, 11) is 0. The minimum atomic E-state index is -0.322. The number of carbonyl (C=O) groups excluding carboxylic acids is 1. The lowest BCUT2D eigenvalue weighted by atomic mass is 9.85. The van der Waals surface area contributed by atoms with E-state index in [2.05, 4.69) is 17.6 Å². The van der Waals surface area contributed by atoms with E-state index in [0.29, 0.717) is 24.8 Å². The van der Waals surface area contributed by atoms with E-state index in [0.717, 1.165) is 37.9 Å². The van der Waals surface area contributed by atoms with Crippen LogP contribution in [0.5, 0.6) is 0 Å². The summed E-state index contributed by atoms with van der Waals surface area (Å²) in [6.07, 6.45) is 4.14. The van der Waals surface area contributed by atoms with Crippen LogP contribution in [0.2, 0.25) is 0 Å². The number of rotatable bonds is 5. The Labute approximate surface area is 137 Å². The van der Waals surface area contributed by atoms with Crippen molar-refractivity contribution >= 4 is 6.09 Å². The fourth-order valence-electron chi connectivity index (χ4n) is 3.29. The first kappa shape index (κ1) is 16.3. The normalized spacial score (nSPS) is 30.3. The van der Waals surface area contributed by atoms with E-state index in [-0.39, 0.29) is 12.1 Å². The predicted octanol–water partition coefficient (Wildman–Crippen LogP) is 2.60. The zero-order valence-electron chi connectivity index (χ0n) is 13.7. The molecule has 2 N–H and O–H groups in total. The van der Waals surface area contributed by atoms with Crippen molar-refractivity contribution in [3.63, 3.8) is 0 Å². The SMILES string of the molecule is CC1CC(NC2CC(NC(=O)OCc3ccccc3)C2)CCO1. The van der Waals surface area contributed by atoms with Crippen molar-refractivity contribution < 1.29 is 14.3 Å². The van der Waals surface area contributed by atoms with Crippen molar-refractivity contribution in [1.82, 2.24) is 10.6 Å². The Kier molecular flexibility index (Phi) is 5.51. The Hall–Kier alpha value is -1.59. The number of alkyl carbamates (subject to hydrolysis) is 1. The summed E-state index contributed by atoms with van der Waals surface area (Å²) >= 11 is 0. The molecule has 1 aromatic rings. The van der Waals surface area contributed by atoms with Crippen molar-refractivity contribution in [3.05, 3.63) is 35.9 Å². The molecule has 1 aromatic carbocycles. The van der Waals surface area contributed by atoms with Crippen LogP contribution in [0.25, 0.3) is 0 Å². The monoisotopic (exact) mass is 318 g/mol. The first-order valence-electron chi connectivity index (χ1n) is 8.54. The quantitative estimate of drug-likeness (QED) is 0.876. The highest BCUT2D eigenvalue weighted by Gasteiger charge is 2.33. The maximum absolute atomic E-state index is 11.8. The average Bonchev–Trinajstić information content (AvgIpc) is 2.52. The minimum absolute atomic E-state index is 0.230. The Balaban J connectivity index is 1.30. The van der Waals surface area contributed by atoms with Gasteiger partial charge in [-0.25, -0.2) is 4.79 Å². The number of nitrogens with one attached hydrogen (secondary N) is 2. The molecular formula is C18H26N2O3. The Morgan fingerprint density at radius 1 is 1.17 bits per heavy atom. The van der Waals surface area contributed by atoms with Gasteiger partial charge >= 0.3 is 6.09 Å². The molecule has 1 heterocycles. The van der Waals surface area contributed by atoms with Gasteiger partial charge in [-0.05, 0) is 38.2 Å². The van der Waals surface area contributed by atoms with Gasteiger partial charge in [0.1, 0.15) is 6.61 Å².